The van der Waals surface area contributed by atoms with Crippen molar-refractivity contribution in [1.29, 1.82) is 0 Å². The molecular weight excluding hydrogens is 226 g/mol. The number of rotatable bonds is 6. The fraction of sp³-hybridized carbons (Fsp3) is 0.933. The maximum Gasteiger partial charge on any atom is 0.176 e. The summed E-state index contributed by atoms with van der Waals surface area (Å²) in [7, 11) is 0. The summed E-state index contributed by atoms with van der Waals surface area (Å²) in [6.07, 6.45) is 3.46. The van der Waals surface area contributed by atoms with Gasteiger partial charge in [-0.1, -0.05) is 34.1 Å². The Kier molecular flexibility index (Phi) is 6.30. The Hall–Kier alpha value is -0.410. The molecule has 0 atom stereocenters. The Morgan fingerprint density at radius 3 is 2.44 bits per heavy atom. The van der Waals surface area contributed by atoms with E-state index in [0.29, 0.717) is 6.54 Å². The molecule has 1 heterocycles. The average molecular weight is 255 g/mol. The molecule has 0 aromatic carbocycles. The van der Waals surface area contributed by atoms with Crippen molar-refractivity contribution in [2.75, 3.05) is 19.8 Å². The lowest BCUT2D eigenvalue weighted by atomic mass is 9.96. The smallest absolute Gasteiger partial charge is 0.176 e. The average Bonchev–Trinajstić information content (AvgIpc) is 2.27. The highest BCUT2D eigenvalue weighted by atomic mass is 16.7. The van der Waals surface area contributed by atoms with Crippen molar-refractivity contribution < 1.29 is 9.47 Å². The van der Waals surface area contributed by atoms with Gasteiger partial charge < -0.3 is 9.47 Å². The van der Waals surface area contributed by atoms with E-state index < -0.39 is 0 Å². The van der Waals surface area contributed by atoms with Crippen LogP contribution < -0.4 is 0 Å². The largest absolute Gasteiger partial charge is 0.350 e. The zero-order chi connectivity index (χ0) is 13.6. The lowest BCUT2D eigenvalue weighted by Crippen LogP contribution is -2.39. The van der Waals surface area contributed by atoms with Crippen molar-refractivity contribution >= 4 is 5.71 Å². The van der Waals surface area contributed by atoms with Crippen LogP contribution in [0.3, 0.4) is 0 Å². The second-order valence-electron chi connectivity index (χ2n) is 6.58. The van der Waals surface area contributed by atoms with Crippen molar-refractivity contribution in [2.45, 2.75) is 60.2 Å². The van der Waals surface area contributed by atoms with Gasteiger partial charge in [0.05, 0.1) is 19.8 Å². The Morgan fingerprint density at radius 1 is 1.28 bits per heavy atom. The van der Waals surface area contributed by atoms with Crippen molar-refractivity contribution in [1.82, 2.24) is 0 Å². The first-order chi connectivity index (χ1) is 8.39. The van der Waals surface area contributed by atoms with Crippen LogP contribution in [0.15, 0.2) is 4.99 Å². The number of nitrogens with zero attached hydrogens (tertiary/aromatic N) is 1. The summed E-state index contributed by atoms with van der Waals surface area (Å²) in [5.74, 6) is 0.782. The molecule has 0 amide bonds. The number of ether oxygens (including phenoxy) is 2. The Labute approximate surface area is 112 Å². The summed E-state index contributed by atoms with van der Waals surface area (Å²) < 4.78 is 11.3. The zero-order valence-corrected chi connectivity index (χ0v) is 12.7. The van der Waals surface area contributed by atoms with Gasteiger partial charge in [0.2, 0.25) is 0 Å². The molecule has 0 aromatic heterocycles. The molecule has 0 saturated carbocycles. The summed E-state index contributed by atoms with van der Waals surface area (Å²) in [6, 6.07) is 0. The van der Waals surface area contributed by atoms with E-state index >= 15 is 0 Å². The highest BCUT2D eigenvalue weighted by molar-refractivity contribution is 5.81. The van der Waals surface area contributed by atoms with Gasteiger partial charge in [0.25, 0.3) is 0 Å². The third-order valence-corrected chi connectivity index (χ3v) is 3.15. The summed E-state index contributed by atoms with van der Waals surface area (Å²) in [5.41, 5.74) is 1.36. The molecule has 0 aliphatic carbocycles. The second-order valence-corrected chi connectivity index (χ2v) is 6.58. The van der Waals surface area contributed by atoms with Gasteiger partial charge in [-0.05, 0) is 25.7 Å². The maximum absolute atomic E-state index is 5.66. The van der Waals surface area contributed by atoms with Crippen LogP contribution in [-0.2, 0) is 9.47 Å². The summed E-state index contributed by atoms with van der Waals surface area (Å²) in [6.45, 7) is 13.1. The standard InChI is InChI=1S/C15H29NO2/c1-12(2)7-6-8-13(3)16-9-14-17-10-15(4,5)11-18-14/h12,14H,6-11H2,1-5H3/b16-13+. The molecule has 1 aliphatic rings. The maximum atomic E-state index is 5.66. The van der Waals surface area contributed by atoms with E-state index in [1.165, 1.54) is 18.6 Å². The van der Waals surface area contributed by atoms with Gasteiger partial charge in [0.1, 0.15) is 0 Å². The summed E-state index contributed by atoms with van der Waals surface area (Å²) in [4.78, 5) is 4.56. The molecule has 0 unspecified atom stereocenters. The first-order valence-corrected chi connectivity index (χ1v) is 7.12. The molecule has 0 radical (unpaired) electrons. The predicted molar refractivity (Wildman–Crippen MR) is 76.1 cm³/mol. The molecular formula is C15H29NO2. The van der Waals surface area contributed by atoms with Crippen molar-refractivity contribution in [3.63, 3.8) is 0 Å². The molecule has 3 nitrogen and oxygen atoms in total. The lowest BCUT2D eigenvalue weighted by molar-refractivity contribution is -0.215. The van der Waals surface area contributed by atoms with Crippen LogP contribution in [0.5, 0.6) is 0 Å². The predicted octanol–water partition coefficient (Wildman–Crippen LogP) is 3.67. The number of aliphatic imine (C=N–C) groups is 1. The minimum atomic E-state index is -0.141. The monoisotopic (exact) mass is 255 g/mol. The summed E-state index contributed by atoms with van der Waals surface area (Å²) >= 11 is 0. The van der Waals surface area contributed by atoms with Crippen LogP contribution in [-0.4, -0.2) is 31.8 Å². The second kappa shape index (κ2) is 7.25. The van der Waals surface area contributed by atoms with Crippen LogP contribution in [0.2, 0.25) is 0 Å². The van der Waals surface area contributed by atoms with Crippen molar-refractivity contribution in [3.05, 3.63) is 0 Å². The Morgan fingerprint density at radius 2 is 1.89 bits per heavy atom. The molecule has 18 heavy (non-hydrogen) atoms. The Balaban J connectivity index is 2.19. The molecule has 1 aliphatic heterocycles. The molecule has 0 spiro atoms. The minimum Gasteiger partial charge on any atom is -0.350 e. The van der Waals surface area contributed by atoms with Gasteiger partial charge in [0.15, 0.2) is 6.29 Å². The molecule has 3 heteroatoms. The molecule has 0 bridgehead atoms. The molecule has 0 N–H and O–H groups in total. The van der Waals surface area contributed by atoms with E-state index in [1.54, 1.807) is 0 Å². The fourth-order valence-electron chi connectivity index (χ4n) is 1.91. The first-order valence-electron chi connectivity index (χ1n) is 7.12. The minimum absolute atomic E-state index is 0.141. The third-order valence-electron chi connectivity index (χ3n) is 3.15. The Bertz CT molecular complexity index is 262. The van der Waals surface area contributed by atoms with Crippen LogP contribution >= 0.6 is 0 Å². The van der Waals surface area contributed by atoms with Crippen molar-refractivity contribution in [2.24, 2.45) is 16.3 Å². The van der Waals surface area contributed by atoms with E-state index in [-0.39, 0.29) is 11.7 Å². The van der Waals surface area contributed by atoms with E-state index in [9.17, 15) is 0 Å². The van der Waals surface area contributed by atoms with Crippen LogP contribution in [0.25, 0.3) is 0 Å². The molecule has 1 fully saturated rings. The quantitative estimate of drug-likeness (QED) is 0.678. The molecule has 0 aromatic rings. The van der Waals surface area contributed by atoms with Gasteiger partial charge in [-0.2, -0.15) is 0 Å². The first kappa shape index (κ1) is 15.6. The van der Waals surface area contributed by atoms with E-state index in [1.807, 2.05) is 0 Å². The molecule has 1 saturated heterocycles. The van der Waals surface area contributed by atoms with Crippen LogP contribution in [0, 0.1) is 11.3 Å². The van der Waals surface area contributed by atoms with Gasteiger partial charge in [0, 0.05) is 11.1 Å². The number of hydrogen-bond acceptors (Lipinski definition) is 3. The van der Waals surface area contributed by atoms with Gasteiger partial charge in [-0.25, -0.2) is 0 Å². The molecule has 1 rings (SSSR count). The molecule has 106 valence electrons. The van der Waals surface area contributed by atoms with Crippen LogP contribution in [0.4, 0.5) is 0 Å². The lowest BCUT2D eigenvalue weighted by Gasteiger charge is -2.33. The normalized spacial score (nSPS) is 21.6. The van der Waals surface area contributed by atoms with Gasteiger partial charge in [-0.15, -0.1) is 0 Å². The van der Waals surface area contributed by atoms with Crippen molar-refractivity contribution in [3.8, 4) is 0 Å². The van der Waals surface area contributed by atoms with E-state index in [2.05, 4.69) is 39.6 Å². The van der Waals surface area contributed by atoms with E-state index in [0.717, 1.165) is 25.6 Å². The fourth-order valence-corrected chi connectivity index (χ4v) is 1.91. The highest BCUT2D eigenvalue weighted by Crippen LogP contribution is 2.22. The topological polar surface area (TPSA) is 30.8 Å². The van der Waals surface area contributed by atoms with Gasteiger partial charge >= 0.3 is 0 Å². The zero-order valence-electron chi connectivity index (χ0n) is 12.7. The highest BCUT2D eigenvalue weighted by Gasteiger charge is 2.27. The van der Waals surface area contributed by atoms with Gasteiger partial charge in [-0.3, -0.25) is 4.99 Å². The summed E-state index contributed by atoms with van der Waals surface area (Å²) in [5, 5.41) is 0. The van der Waals surface area contributed by atoms with E-state index in [4.69, 9.17) is 9.47 Å². The SMILES string of the molecule is C/C(CCCC(C)C)=N\CC1OCC(C)(C)CO1. The third kappa shape index (κ3) is 6.50. The number of hydrogen-bond donors (Lipinski definition) is 0. The van der Waals surface area contributed by atoms with Crippen LogP contribution in [0.1, 0.15) is 53.9 Å².